The van der Waals surface area contributed by atoms with Crippen molar-refractivity contribution in [2.24, 2.45) is 0 Å². The van der Waals surface area contributed by atoms with E-state index in [1.165, 1.54) is 0 Å². The lowest BCUT2D eigenvalue weighted by atomic mass is 10.2. The highest BCUT2D eigenvalue weighted by Crippen LogP contribution is 2.23. The number of aryl methyl sites for hydroxylation is 1. The standard InChI is InChI=1S/C17H18N4O3/c1-3-24-16(23)11-5-6-14-12(8-11)20-17(18)21(14)9-13-15(22)7-4-10(2)19-13/h4-8,22H,3,9H2,1-2H3,(H2,18,20). The second-order valence-corrected chi connectivity index (χ2v) is 5.40. The van der Waals surface area contributed by atoms with Crippen LogP contribution in [0.3, 0.4) is 0 Å². The molecule has 2 heterocycles. The molecule has 0 saturated heterocycles. The molecular formula is C17H18N4O3. The van der Waals surface area contributed by atoms with Gasteiger partial charge in [0.2, 0.25) is 5.95 Å². The molecule has 3 aromatic rings. The Morgan fingerprint density at radius 1 is 1.29 bits per heavy atom. The minimum atomic E-state index is -0.398. The Balaban J connectivity index is 2.01. The summed E-state index contributed by atoms with van der Waals surface area (Å²) in [5, 5.41) is 9.97. The first kappa shape index (κ1) is 15.8. The van der Waals surface area contributed by atoms with Crippen LogP contribution in [0, 0.1) is 6.92 Å². The maximum absolute atomic E-state index is 11.8. The van der Waals surface area contributed by atoms with Crippen molar-refractivity contribution in [2.75, 3.05) is 12.3 Å². The first-order valence-electron chi connectivity index (χ1n) is 7.58. The second kappa shape index (κ2) is 6.19. The summed E-state index contributed by atoms with van der Waals surface area (Å²) < 4.78 is 6.73. The zero-order valence-corrected chi connectivity index (χ0v) is 13.5. The molecule has 0 aliphatic carbocycles. The number of aromatic hydroxyl groups is 1. The number of fused-ring (bicyclic) bond motifs is 1. The van der Waals surface area contributed by atoms with Gasteiger partial charge in [-0.15, -0.1) is 0 Å². The van der Waals surface area contributed by atoms with Gasteiger partial charge < -0.3 is 20.1 Å². The Morgan fingerprint density at radius 3 is 2.83 bits per heavy atom. The fraction of sp³-hybridized carbons (Fsp3) is 0.235. The van der Waals surface area contributed by atoms with Gasteiger partial charge in [-0.3, -0.25) is 4.98 Å². The lowest BCUT2D eigenvalue weighted by molar-refractivity contribution is 0.0526. The van der Waals surface area contributed by atoms with E-state index in [0.29, 0.717) is 23.4 Å². The molecule has 0 aliphatic rings. The summed E-state index contributed by atoms with van der Waals surface area (Å²) in [5.74, 6) is -0.00998. The molecule has 2 aromatic heterocycles. The topological polar surface area (TPSA) is 103 Å². The number of carbonyl (C=O) groups is 1. The smallest absolute Gasteiger partial charge is 0.338 e. The average Bonchev–Trinajstić information content (AvgIpc) is 2.86. The summed E-state index contributed by atoms with van der Waals surface area (Å²) in [6.45, 7) is 4.20. The van der Waals surface area contributed by atoms with Crippen LogP contribution < -0.4 is 5.73 Å². The summed E-state index contributed by atoms with van der Waals surface area (Å²) in [7, 11) is 0. The molecule has 0 aliphatic heterocycles. The normalized spacial score (nSPS) is 10.9. The Labute approximate surface area is 138 Å². The first-order chi connectivity index (χ1) is 11.5. The van der Waals surface area contributed by atoms with Gasteiger partial charge in [0.1, 0.15) is 11.4 Å². The van der Waals surface area contributed by atoms with E-state index in [-0.39, 0.29) is 18.2 Å². The molecular weight excluding hydrogens is 308 g/mol. The molecule has 7 heteroatoms. The third kappa shape index (κ3) is 2.88. The number of anilines is 1. The maximum Gasteiger partial charge on any atom is 0.338 e. The van der Waals surface area contributed by atoms with Gasteiger partial charge in [-0.25, -0.2) is 9.78 Å². The van der Waals surface area contributed by atoms with E-state index in [0.717, 1.165) is 11.2 Å². The van der Waals surface area contributed by atoms with Crippen LogP contribution in [0.25, 0.3) is 11.0 Å². The minimum absolute atomic E-state index is 0.102. The third-order valence-corrected chi connectivity index (χ3v) is 3.69. The molecule has 24 heavy (non-hydrogen) atoms. The molecule has 0 saturated carbocycles. The number of rotatable bonds is 4. The Hall–Kier alpha value is -3.09. The van der Waals surface area contributed by atoms with E-state index >= 15 is 0 Å². The number of hydrogen-bond donors (Lipinski definition) is 2. The van der Waals surface area contributed by atoms with Crippen molar-refractivity contribution in [2.45, 2.75) is 20.4 Å². The van der Waals surface area contributed by atoms with Crippen molar-refractivity contribution in [3.8, 4) is 5.75 Å². The summed E-state index contributed by atoms with van der Waals surface area (Å²) in [6, 6.07) is 8.41. The molecule has 0 unspecified atom stereocenters. The van der Waals surface area contributed by atoms with E-state index in [9.17, 15) is 9.90 Å². The number of hydrogen-bond acceptors (Lipinski definition) is 6. The summed E-state index contributed by atoms with van der Waals surface area (Å²) in [6.07, 6.45) is 0. The predicted molar refractivity (Wildman–Crippen MR) is 89.8 cm³/mol. The van der Waals surface area contributed by atoms with Crippen LogP contribution in [-0.2, 0) is 11.3 Å². The third-order valence-electron chi connectivity index (χ3n) is 3.69. The average molecular weight is 326 g/mol. The van der Waals surface area contributed by atoms with E-state index in [1.807, 2.05) is 6.92 Å². The molecule has 0 atom stereocenters. The molecule has 0 fully saturated rings. The first-order valence-corrected chi connectivity index (χ1v) is 7.58. The van der Waals surface area contributed by atoms with Crippen molar-refractivity contribution in [3.05, 3.63) is 47.3 Å². The lowest BCUT2D eigenvalue weighted by Gasteiger charge is -2.09. The fourth-order valence-corrected chi connectivity index (χ4v) is 2.53. The van der Waals surface area contributed by atoms with E-state index < -0.39 is 5.97 Å². The van der Waals surface area contributed by atoms with E-state index in [4.69, 9.17) is 10.5 Å². The van der Waals surface area contributed by atoms with Gasteiger partial charge in [0.25, 0.3) is 0 Å². The molecule has 0 bridgehead atoms. The van der Waals surface area contributed by atoms with E-state index in [2.05, 4.69) is 9.97 Å². The van der Waals surface area contributed by atoms with Crippen LogP contribution >= 0.6 is 0 Å². The van der Waals surface area contributed by atoms with Crippen LogP contribution in [-0.4, -0.2) is 32.2 Å². The van der Waals surface area contributed by atoms with Crippen LogP contribution in [0.2, 0.25) is 0 Å². The van der Waals surface area contributed by atoms with Crippen molar-refractivity contribution >= 4 is 23.0 Å². The molecule has 1 aromatic carbocycles. The quantitative estimate of drug-likeness (QED) is 0.713. The molecule has 0 radical (unpaired) electrons. The minimum Gasteiger partial charge on any atom is -0.506 e. The Morgan fingerprint density at radius 2 is 2.08 bits per heavy atom. The van der Waals surface area contributed by atoms with Crippen molar-refractivity contribution in [1.82, 2.24) is 14.5 Å². The van der Waals surface area contributed by atoms with Gasteiger partial charge in [-0.1, -0.05) is 0 Å². The molecule has 124 valence electrons. The number of nitrogens with two attached hydrogens (primary N) is 1. The molecule has 0 amide bonds. The molecule has 0 spiro atoms. The second-order valence-electron chi connectivity index (χ2n) is 5.40. The van der Waals surface area contributed by atoms with Gasteiger partial charge in [0.15, 0.2) is 0 Å². The summed E-state index contributed by atoms with van der Waals surface area (Å²) >= 11 is 0. The number of imidazole rings is 1. The van der Waals surface area contributed by atoms with Gasteiger partial charge in [-0.2, -0.15) is 0 Å². The van der Waals surface area contributed by atoms with Crippen molar-refractivity contribution in [3.63, 3.8) is 0 Å². The monoisotopic (exact) mass is 326 g/mol. The SMILES string of the molecule is CCOC(=O)c1ccc2c(c1)nc(N)n2Cc1nc(C)ccc1O. The number of benzene rings is 1. The number of nitrogen functional groups attached to an aromatic ring is 1. The van der Waals surface area contributed by atoms with Crippen LogP contribution in [0.1, 0.15) is 28.7 Å². The maximum atomic E-state index is 11.8. The highest BCUT2D eigenvalue weighted by Gasteiger charge is 2.14. The number of nitrogens with zero attached hydrogens (tertiary/aromatic N) is 3. The summed E-state index contributed by atoms with van der Waals surface area (Å²) in [4.78, 5) is 20.4. The van der Waals surface area contributed by atoms with Crippen LogP contribution in [0.4, 0.5) is 5.95 Å². The number of ether oxygens (including phenoxy) is 1. The molecule has 3 N–H and O–H groups in total. The van der Waals surface area contributed by atoms with Crippen LogP contribution in [0.15, 0.2) is 30.3 Å². The molecule has 7 nitrogen and oxygen atoms in total. The van der Waals surface area contributed by atoms with Crippen molar-refractivity contribution in [1.29, 1.82) is 0 Å². The number of pyridine rings is 1. The highest BCUT2D eigenvalue weighted by molar-refractivity contribution is 5.94. The fourth-order valence-electron chi connectivity index (χ4n) is 2.53. The summed E-state index contributed by atoms with van der Waals surface area (Å²) in [5.41, 5.74) is 9.07. The zero-order valence-electron chi connectivity index (χ0n) is 13.5. The number of esters is 1. The van der Waals surface area contributed by atoms with Gasteiger partial charge in [-0.05, 0) is 44.2 Å². The number of carbonyl (C=O) groups excluding carboxylic acids is 1. The van der Waals surface area contributed by atoms with Crippen molar-refractivity contribution < 1.29 is 14.6 Å². The van der Waals surface area contributed by atoms with Gasteiger partial charge in [0.05, 0.1) is 29.7 Å². The number of aromatic nitrogens is 3. The zero-order chi connectivity index (χ0) is 17.3. The Kier molecular flexibility index (Phi) is 4.07. The molecule has 3 rings (SSSR count). The Bertz CT molecular complexity index is 918. The predicted octanol–water partition coefficient (Wildman–Crippen LogP) is 2.25. The van der Waals surface area contributed by atoms with E-state index in [1.54, 1.807) is 41.8 Å². The van der Waals surface area contributed by atoms with Gasteiger partial charge in [0, 0.05) is 5.69 Å². The van der Waals surface area contributed by atoms with Crippen LogP contribution in [0.5, 0.6) is 5.75 Å². The van der Waals surface area contributed by atoms with Gasteiger partial charge >= 0.3 is 5.97 Å². The largest absolute Gasteiger partial charge is 0.506 e. The highest BCUT2D eigenvalue weighted by atomic mass is 16.5. The lowest BCUT2D eigenvalue weighted by Crippen LogP contribution is -2.07.